The summed E-state index contributed by atoms with van der Waals surface area (Å²) in [4.78, 5) is 6.37. The van der Waals surface area contributed by atoms with Crippen LogP contribution in [-0.4, -0.2) is 77.0 Å². The molecule has 4 aromatic rings. The molecule has 2 aromatic heterocycles. The summed E-state index contributed by atoms with van der Waals surface area (Å²) < 4.78 is 56.4. The average Bonchev–Trinajstić information content (AvgIpc) is 3.35. The minimum Gasteiger partial charge on any atom is -0.383 e. The summed E-state index contributed by atoms with van der Waals surface area (Å²) in [5.41, 5.74) is 7.44. The molecular weight excluding hydrogens is 502 g/mol. The summed E-state index contributed by atoms with van der Waals surface area (Å²) in [5.74, 6) is -2.01. The lowest BCUT2D eigenvalue weighted by molar-refractivity contribution is 0.370. The van der Waals surface area contributed by atoms with E-state index >= 15 is 0 Å². The van der Waals surface area contributed by atoms with Crippen molar-refractivity contribution in [1.29, 1.82) is 0 Å². The van der Waals surface area contributed by atoms with Crippen molar-refractivity contribution in [3.05, 3.63) is 66.4 Å². The molecule has 0 amide bonds. The summed E-state index contributed by atoms with van der Waals surface area (Å²) in [6, 6.07) is 11.7. The van der Waals surface area contributed by atoms with Crippen molar-refractivity contribution in [2.45, 2.75) is 11.3 Å². The van der Waals surface area contributed by atoms with Crippen molar-refractivity contribution in [1.82, 2.24) is 34.4 Å². The summed E-state index contributed by atoms with van der Waals surface area (Å²) in [7, 11) is 1.78. The minimum absolute atomic E-state index is 0.0647. The van der Waals surface area contributed by atoms with Gasteiger partial charge in [-0.25, -0.2) is 26.5 Å². The number of hydrogen-bond donors (Lipinski definition) is 1. The number of halogens is 2. The average molecular weight is 529 g/mol. The fraction of sp³-hybridized carbons (Fsp3) is 0.250. The highest BCUT2D eigenvalue weighted by Crippen LogP contribution is 2.30. The van der Waals surface area contributed by atoms with Gasteiger partial charge < -0.3 is 10.6 Å². The number of rotatable bonds is 9. The molecule has 0 saturated carbocycles. The van der Waals surface area contributed by atoms with Gasteiger partial charge >= 0.3 is 0 Å². The molecule has 0 aliphatic heterocycles. The molecule has 0 aliphatic rings. The van der Waals surface area contributed by atoms with E-state index in [4.69, 9.17) is 5.73 Å². The SMILES string of the molecule is CN(C)CCCN(C)S(=O)(=O)c1ccc(-c2cnc(N)c(-c3nnnn3-c3cccc(F)c3F)c2)cc1. The fourth-order valence-electron chi connectivity index (χ4n) is 3.71. The zero-order chi connectivity index (χ0) is 26.7. The van der Waals surface area contributed by atoms with Crippen molar-refractivity contribution in [2.24, 2.45) is 0 Å². The largest absolute Gasteiger partial charge is 0.383 e. The van der Waals surface area contributed by atoms with Gasteiger partial charge in [0.15, 0.2) is 17.5 Å². The predicted molar refractivity (Wildman–Crippen MR) is 135 cm³/mol. The van der Waals surface area contributed by atoms with E-state index in [1.807, 2.05) is 19.0 Å². The minimum atomic E-state index is -3.65. The molecule has 0 radical (unpaired) electrons. The highest BCUT2D eigenvalue weighted by molar-refractivity contribution is 7.89. The lowest BCUT2D eigenvalue weighted by Crippen LogP contribution is -2.29. The Hall–Kier alpha value is -3.81. The lowest BCUT2D eigenvalue weighted by Gasteiger charge is -2.18. The zero-order valence-electron chi connectivity index (χ0n) is 20.5. The summed E-state index contributed by atoms with van der Waals surface area (Å²) in [5, 5.41) is 11.3. The Morgan fingerprint density at radius 3 is 2.43 bits per heavy atom. The third-order valence-electron chi connectivity index (χ3n) is 5.76. The number of tetrazole rings is 1. The zero-order valence-corrected chi connectivity index (χ0v) is 21.3. The number of pyridine rings is 1. The predicted octanol–water partition coefficient (Wildman–Crippen LogP) is 2.82. The van der Waals surface area contributed by atoms with Crippen LogP contribution in [0.2, 0.25) is 0 Å². The molecule has 0 spiro atoms. The van der Waals surface area contributed by atoms with Gasteiger partial charge in [-0.05, 0) is 73.4 Å². The smallest absolute Gasteiger partial charge is 0.242 e. The molecule has 0 saturated heterocycles. The standard InChI is InChI=1S/C24H26F2N8O2S/c1-32(2)12-5-13-33(3)37(35,36)18-10-8-16(9-11-18)17-14-19(23(27)28-15-17)24-29-30-31-34(24)21-7-4-6-20(25)22(21)26/h4,6-11,14-15H,5,12-13H2,1-3H3,(H2,27,28). The van der Waals surface area contributed by atoms with E-state index < -0.39 is 21.7 Å². The second kappa shape index (κ2) is 10.7. The van der Waals surface area contributed by atoms with Crippen molar-refractivity contribution in [3.63, 3.8) is 0 Å². The highest BCUT2D eigenvalue weighted by Gasteiger charge is 2.22. The summed E-state index contributed by atoms with van der Waals surface area (Å²) in [6.07, 6.45) is 2.23. The highest BCUT2D eigenvalue weighted by atomic mass is 32.2. The van der Waals surface area contributed by atoms with E-state index in [1.165, 1.54) is 34.8 Å². The van der Waals surface area contributed by atoms with Gasteiger partial charge in [0.1, 0.15) is 11.5 Å². The van der Waals surface area contributed by atoms with Crippen LogP contribution in [0.4, 0.5) is 14.6 Å². The van der Waals surface area contributed by atoms with Crippen molar-refractivity contribution < 1.29 is 17.2 Å². The van der Waals surface area contributed by atoms with Crippen LogP contribution in [-0.2, 0) is 10.0 Å². The van der Waals surface area contributed by atoms with Crippen LogP contribution < -0.4 is 5.73 Å². The van der Waals surface area contributed by atoms with Crippen molar-refractivity contribution in [2.75, 3.05) is 40.0 Å². The molecule has 2 aromatic carbocycles. The molecule has 13 heteroatoms. The number of nitrogen functional groups attached to an aromatic ring is 1. The monoisotopic (exact) mass is 528 g/mol. The summed E-state index contributed by atoms with van der Waals surface area (Å²) >= 11 is 0. The van der Waals surface area contributed by atoms with E-state index in [1.54, 1.807) is 25.2 Å². The van der Waals surface area contributed by atoms with Crippen molar-refractivity contribution >= 4 is 15.8 Å². The van der Waals surface area contributed by atoms with Crippen LogP contribution >= 0.6 is 0 Å². The van der Waals surface area contributed by atoms with Crippen LogP contribution in [0.1, 0.15) is 6.42 Å². The maximum absolute atomic E-state index is 14.4. The second-order valence-corrected chi connectivity index (χ2v) is 10.7. The number of nitrogens with two attached hydrogens (primary N) is 1. The maximum Gasteiger partial charge on any atom is 0.242 e. The molecule has 0 bridgehead atoms. The molecule has 37 heavy (non-hydrogen) atoms. The normalized spacial score (nSPS) is 12.0. The maximum atomic E-state index is 14.4. The van der Waals surface area contributed by atoms with Crippen LogP contribution in [0.25, 0.3) is 28.2 Å². The first kappa shape index (κ1) is 26.3. The van der Waals surface area contributed by atoms with Crippen LogP contribution in [0.3, 0.4) is 0 Å². The van der Waals surface area contributed by atoms with E-state index in [0.717, 1.165) is 17.3 Å². The molecule has 4 rings (SSSR count). The van der Waals surface area contributed by atoms with Gasteiger partial charge in [0.05, 0.1) is 10.5 Å². The first-order valence-corrected chi connectivity index (χ1v) is 12.7. The first-order chi connectivity index (χ1) is 17.6. The van der Waals surface area contributed by atoms with Gasteiger partial charge in [0.25, 0.3) is 0 Å². The van der Waals surface area contributed by atoms with E-state index in [0.29, 0.717) is 29.7 Å². The van der Waals surface area contributed by atoms with Gasteiger partial charge in [-0.15, -0.1) is 5.10 Å². The lowest BCUT2D eigenvalue weighted by atomic mass is 10.1. The van der Waals surface area contributed by atoms with Gasteiger partial charge in [-0.3, -0.25) is 0 Å². The molecule has 0 atom stereocenters. The molecule has 2 N–H and O–H groups in total. The number of hydrogen-bond acceptors (Lipinski definition) is 8. The molecule has 0 unspecified atom stereocenters. The van der Waals surface area contributed by atoms with E-state index in [-0.39, 0.29) is 22.2 Å². The Bertz CT molecular complexity index is 1510. The Labute approximate surface area is 213 Å². The molecule has 0 aliphatic carbocycles. The Morgan fingerprint density at radius 1 is 1.00 bits per heavy atom. The number of nitrogens with zero attached hydrogens (tertiary/aromatic N) is 7. The Balaban J connectivity index is 1.63. The fourth-order valence-corrected chi connectivity index (χ4v) is 4.92. The van der Waals surface area contributed by atoms with Crippen LogP contribution in [0.15, 0.2) is 59.6 Å². The Kier molecular flexibility index (Phi) is 7.57. The summed E-state index contributed by atoms with van der Waals surface area (Å²) in [6.45, 7) is 1.18. The van der Waals surface area contributed by atoms with Gasteiger partial charge in [-0.1, -0.05) is 18.2 Å². The third kappa shape index (κ3) is 5.48. The van der Waals surface area contributed by atoms with Crippen molar-refractivity contribution in [3.8, 4) is 28.2 Å². The molecule has 2 heterocycles. The Morgan fingerprint density at radius 2 is 1.73 bits per heavy atom. The van der Waals surface area contributed by atoms with Crippen LogP contribution in [0, 0.1) is 11.6 Å². The van der Waals surface area contributed by atoms with E-state index in [2.05, 4.69) is 20.5 Å². The first-order valence-electron chi connectivity index (χ1n) is 11.3. The van der Waals surface area contributed by atoms with Crippen LogP contribution in [0.5, 0.6) is 0 Å². The third-order valence-corrected chi connectivity index (χ3v) is 7.63. The topological polar surface area (TPSA) is 123 Å². The second-order valence-electron chi connectivity index (χ2n) is 8.65. The molecular formula is C24H26F2N8O2S. The molecule has 10 nitrogen and oxygen atoms in total. The van der Waals surface area contributed by atoms with E-state index in [9.17, 15) is 17.2 Å². The number of benzene rings is 2. The molecule has 194 valence electrons. The number of anilines is 1. The molecule has 0 fully saturated rings. The number of aromatic nitrogens is 5. The van der Waals surface area contributed by atoms with Gasteiger partial charge in [-0.2, -0.15) is 4.68 Å². The quantitative estimate of drug-likeness (QED) is 0.352. The van der Waals surface area contributed by atoms with Gasteiger partial charge in [0.2, 0.25) is 10.0 Å². The number of sulfonamides is 1. The van der Waals surface area contributed by atoms with Gasteiger partial charge in [0, 0.05) is 25.4 Å².